The van der Waals surface area contributed by atoms with Crippen molar-refractivity contribution in [3.8, 4) is 11.8 Å². The fraction of sp³-hybridized carbons (Fsp3) is 0.467. The van der Waals surface area contributed by atoms with Gasteiger partial charge in [-0.25, -0.2) is 0 Å². The lowest BCUT2D eigenvalue weighted by Crippen LogP contribution is -2.29. The second-order valence-electron chi connectivity index (χ2n) is 4.56. The second kappa shape index (κ2) is 6.79. The molecule has 0 saturated heterocycles. The molecular weight excluding hydrogens is 240 g/mol. The zero-order valence-corrected chi connectivity index (χ0v) is 11.9. The van der Waals surface area contributed by atoms with E-state index in [1.165, 1.54) is 0 Å². The molecule has 1 unspecified atom stereocenters. The van der Waals surface area contributed by atoms with Crippen molar-refractivity contribution in [1.82, 2.24) is 5.32 Å². The molecule has 0 bridgehead atoms. The Kier molecular flexibility index (Phi) is 5.37. The number of carbonyl (C=O) groups is 1. The Morgan fingerprint density at radius 1 is 1.42 bits per heavy atom. The maximum Gasteiger partial charge on any atom is 0.237 e. The first-order chi connectivity index (χ1) is 9.03. The predicted molar refractivity (Wildman–Crippen MR) is 73.7 cm³/mol. The van der Waals surface area contributed by atoms with Crippen molar-refractivity contribution < 1.29 is 9.53 Å². The summed E-state index contributed by atoms with van der Waals surface area (Å²) < 4.78 is 5.25. The van der Waals surface area contributed by atoms with Crippen molar-refractivity contribution in [1.29, 1.82) is 5.26 Å². The van der Waals surface area contributed by atoms with Crippen molar-refractivity contribution in [2.75, 3.05) is 7.11 Å². The third-order valence-corrected chi connectivity index (χ3v) is 3.19. The van der Waals surface area contributed by atoms with Crippen LogP contribution in [0.15, 0.2) is 12.1 Å². The van der Waals surface area contributed by atoms with E-state index in [0.717, 1.165) is 22.4 Å². The van der Waals surface area contributed by atoms with Crippen LogP contribution in [-0.2, 0) is 11.3 Å². The number of carbonyl (C=O) groups excluding carboxylic acids is 1. The first kappa shape index (κ1) is 15.0. The van der Waals surface area contributed by atoms with Gasteiger partial charge in [0.2, 0.25) is 5.91 Å². The van der Waals surface area contributed by atoms with Gasteiger partial charge in [-0.2, -0.15) is 5.26 Å². The van der Waals surface area contributed by atoms with Gasteiger partial charge in [0.1, 0.15) is 11.7 Å². The largest absolute Gasteiger partial charge is 0.496 e. The molecule has 0 heterocycles. The van der Waals surface area contributed by atoms with Gasteiger partial charge in [-0.05, 0) is 43.0 Å². The Hall–Kier alpha value is -2.02. The van der Waals surface area contributed by atoms with E-state index in [0.29, 0.717) is 13.0 Å². The highest BCUT2D eigenvalue weighted by Crippen LogP contribution is 2.22. The van der Waals surface area contributed by atoms with Crippen molar-refractivity contribution in [3.63, 3.8) is 0 Å². The maximum absolute atomic E-state index is 11.7. The summed E-state index contributed by atoms with van der Waals surface area (Å²) in [5.41, 5.74) is 3.14. The molecule has 0 saturated carbocycles. The second-order valence-corrected chi connectivity index (χ2v) is 4.56. The van der Waals surface area contributed by atoms with Gasteiger partial charge in [0, 0.05) is 6.54 Å². The summed E-state index contributed by atoms with van der Waals surface area (Å²) in [5, 5.41) is 11.6. The molecule has 0 aliphatic heterocycles. The normalized spacial score (nSPS) is 11.5. The SMILES string of the molecule is CCC(C#N)C(=O)NCc1cc(C)c(OC)cc1C. The standard InChI is InChI=1S/C15H20N2O2/c1-5-12(8-16)15(18)17-9-13-6-11(3)14(19-4)7-10(13)2/h6-7,12H,5,9H2,1-4H3,(H,17,18). The number of nitrogens with one attached hydrogen (secondary N) is 1. The molecule has 1 rings (SSSR count). The minimum atomic E-state index is -0.570. The van der Waals surface area contributed by atoms with Gasteiger partial charge < -0.3 is 10.1 Å². The molecule has 0 fully saturated rings. The molecule has 0 radical (unpaired) electrons. The lowest BCUT2D eigenvalue weighted by molar-refractivity contribution is -0.123. The smallest absolute Gasteiger partial charge is 0.237 e. The van der Waals surface area contributed by atoms with Crippen molar-refractivity contribution in [2.45, 2.75) is 33.7 Å². The van der Waals surface area contributed by atoms with Crippen LogP contribution < -0.4 is 10.1 Å². The first-order valence-electron chi connectivity index (χ1n) is 6.34. The predicted octanol–water partition coefficient (Wildman–Crippen LogP) is 2.48. The monoisotopic (exact) mass is 260 g/mol. The zero-order chi connectivity index (χ0) is 14.4. The summed E-state index contributed by atoms with van der Waals surface area (Å²) >= 11 is 0. The lowest BCUT2D eigenvalue weighted by Gasteiger charge is -2.13. The van der Waals surface area contributed by atoms with Crippen molar-refractivity contribution in [3.05, 3.63) is 28.8 Å². The van der Waals surface area contributed by atoms with Crippen molar-refractivity contribution >= 4 is 5.91 Å². The van der Waals surface area contributed by atoms with Gasteiger partial charge >= 0.3 is 0 Å². The molecule has 1 atom stereocenters. The van der Waals surface area contributed by atoms with E-state index in [4.69, 9.17) is 10.00 Å². The quantitative estimate of drug-likeness (QED) is 0.884. The van der Waals surface area contributed by atoms with Crippen LogP contribution in [-0.4, -0.2) is 13.0 Å². The molecule has 1 aromatic rings. The minimum absolute atomic E-state index is 0.210. The van der Waals surface area contributed by atoms with E-state index in [2.05, 4.69) is 5.32 Å². The molecule has 19 heavy (non-hydrogen) atoms. The summed E-state index contributed by atoms with van der Waals surface area (Å²) in [6.45, 7) is 6.21. The lowest BCUT2D eigenvalue weighted by atomic mass is 10.0. The number of ether oxygens (including phenoxy) is 1. The van der Waals surface area contributed by atoms with Gasteiger partial charge in [-0.1, -0.05) is 13.0 Å². The summed E-state index contributed by atoms with van der Waals surface area (Å²) in [5.74, 6) is 0.0635. The van der Waals surface area contributed by atoms with Crippen LogP contribution in [0.2, 0.25) is 0 Å². The summed E-state index contributed by atoms with van der Waals surface area (Å²) in [6, 6.07) is 5.96. The van der Waals surface area contributed by atoms with Crippen LogP contribution in [0.4, 0.5) is 0 Å². The molecule has 0 spiro atoms. The number of methoxy groups -OCH3 is 1. The van der Waals surface area contributed by atoms with E-state index >= 15 is 0 Å². The molecule has 1 aromatic carbocycles. The third kappa shape index (κ3) is 3.72. The molecule has 0 aromatic heterocycles. The average molecular weight is 260 g/mol. The molecule has 1 amide bonds. The fourth-order valence-electron chi connectivity index (χ4n) is 1.90. The number of nitrogens with zero attached hydrogens (tertiary/aromatic N) is 1. The molecule has 102 valence electrons. The number of hydrogen-bond acceptors (Lipinski definition) is 3. The number of hydrogen-bond donors (Lipinski definition) is 1. The van der Waals surface area contributed by atoms with Crippen molar-refractivity contribution in [2.24, 2.45) is 5.92 Å². The summed E-state index contributed by atoms with van der Waals surface area (Å²) in [4.78, 5) is 11.7. The molecule has 1 N–H and O–H groups in total. The van der Waals surface area contributed by atoms with Gasteiger partial charge in [-0.3, -0.25) is 4.79 Å². The molecular formula is C15H20N2O2. The zero-order valence-electron chi connectivity index (χ0n) is 11.9. The Morgan fingerprint density at radius 2 is 2.11 bits per heavy atom. The Labute approximate surface area is 114 Å². The minimum Gasteiger partial charge on any atom is -0.496 e. The van der Waals surface area contributed by atoms with Gasteiger partial charge in [0.05, 0.1) is 13.2 Å². The van der Waals surface area contributed by atoms with Crippen LogP contribution in [0.1, 0.15) is 30.0 Å². The number of nitriles is 1. The summed E-state index contributed by atoms with van der Waals surface area (Å²) in [7, 11) is 1.64. The van der Waals surface area contributed by atoms with Crippen LogP contribution in [0.25, 0.3) is 0 Å². The van der Waals surface area contributed by atoms with E-state index in [1.807, 2.05) is 39.0 Å². The fourth-order valence-corrected chi connectivity index (χ4v) is 1.90. The van der Waals surface area contributed by atoms with Crippen LogP contribution >= 0.6 is 0 Å². The van der Waals surface area contributed by atoms with E-state index in [-0.39, 0.29) is 5.91 Å². The van der Waals surface area contributed by atoms with Crippen LogP contribution in [0, 0.1) is 31.1 Å². The Morgan fingerprint density at radius 3 is 2.63 bits per heavy atom. The first-order valence-corrected chi connectivity index (χ1v) is 6.34. The highest BCUT2D eigenvalue weighted by atomic mass is 16.5. The third-order valence-electron chi connectivity index (χ3n) is 3.19. The van der Waals surface area contributed by atoms with Crippen LogP contribution in [0.3, 0.4) is 0 Å². The molecule has 0 aliphatic carbocycles. The van der Waals surface area contributed by atoms with Gasteiger partial charge in [0.15, 0.2) is 0 Å². The Bertz CT molecular complexity index is 504. The van der Waals surface area contributed by atoms with E-state index in [9.17, 15) is 4.79 Å². The molecule has 0 aliphatic rings. The number of rotatable bonds is 5. The van der Waals surface area contributed by atoms with Gasteiger partial charge in [0.25, 0.3) is 0 Å². The number of benzene rings is 1. The van der Waals surface area contributed by atoms with E-state index < -0.39 is 5.92 Å². The number of aryl methyl sites for hydroxylation is 2. The average Bonchev–Trinajstić information content (AvgIpc) is 2.40. The summed E-state index contributed by atoms with van der Waals surface area (Å²) in [6.07, 6.45) is 0.531. The molecule has 4 heteroatoms. The highest BCUT2D eigenvalue weighted by molar-refractivity contribution is 5.80. The number of amides is 1. The molecule has 4 nitrogen and oxygen atoms in total. The topological polar surface area (TPSA) is 62.1 Å². The van der Waals surface area contributed by atoms with Crippen LogP contribution in [0.5, 0.6) is 5.75 Å². The Balaban J connectivity index is 2.76. The highest BCUT2D eigenvalue weighted by Gasteiger charge is 2.15. The maximum atomic E-state index is 11.7. The van der Waals surface area contributed by atoms with Gasteiger partial charge in [-0.15, -0.1) is 0 Å². The van der Waals surface area contributed by atoms with E-state index in [1.54, 1.807) is 7.11 Å².